The molecule has 2 aromatic rings. The van der Waals surface area contributed by atoms with Crippen molar-refractivity contribution in [1.29, 1.82) is 0 Å². The highest BCUT2D eigenvalue weighted by Crippen LogP contribution is 2.18. The third kappa shape index (κ3) is 20.6. The van der Waals surface area contributed by atoms with E-state index in [0.717, 1.165) is 11.3 Å². The molecule has 15 nitrogen and oxygen atoms in total. The van der Waals surface area contributed by atoms with Crippen LogP contribution in [0.4, 0.5) is 0 Å². The zero-order chi connectivity index (χ0) is 30.6. The van der Waals surface area contributed by atoms with Gasteiger partial charge >= 0.3 is 5.97 Å². The van der Waals surface area contributed by atoms with E-state index in [1.165, 1.54) is 0 Å². The second-order valence-electron chi connectivity index (χ2n) is 8.69. The van der Waals surface area contributed by atoms with Crippen molar-refractivity contribution in [2.75, 3.05) is 112 Å². The summed E-state index contributed by atoms with van der Waals surface area (Å²) in [6.45, 7) is 9.27. The zero-order valence-corrected chi connectivity index (χ0v) is 24.9. The van der Waals surface area contributed by atoms with Crippen molar-refractivity contribution in [3.63, 3.8) is 0 Å². The van der Waals surface area contributed by atoms with Gasteiger partial charge in [0.15, 0.2) is 5.82 Å². The third-order valence-corrected chi connectivity index (χ3v) is 5.25. The van der Waals surface area contributed by atoms with E-state index in [0.29, 0.717) is 117 Å². The normalized spacial score (nSPS) is 11.2. The number of carboxylic acids is 1. The lowest BCUT2D eigenvalue weighted by molar-refractivity contribution is -0.138. The van der Waals surface area contributed by atoms with E-state index in [1.807, 2.05) is 24.3 Å². The summed E-state index contributed by atoms with van der Waals surface area (Å²) < 4.78 is 48.8. The zero-order valence-electron chi connectivity index (χ0n) is 24.9. The van der Waals surface area contributed by atoms with Gasteiger partial charge in [0.25, 0.3) is 0 Å². The van der Waals surface area contributed by atoms with Gasteiger partial charge in [-0.25, -0.2) is 0 Å². The Hall–Kier alpha value is -2.89. The molecule has 242 valence electrons. The average molecular weight is 613 g/mol. The summed E-state index contributed by atoms with van der Waals surface area (Å²) in [5.41, 5.74) is 0.817. The van der Waals surface area contributed by atoms with Crippen LogP contribution < -0.4 is 4.74 Å². The maximum atomic E-state index is 10.3. The highest BCUT2D eigenvalue weighted by atomic mass is 16.6. The first-order chi connectivity index (χ1) is 21.1. The van der Waals surface area contributed by atoms with Crippen LogP contribution in [-0.2, 0) is 42.7 Å². The number of rotatable bonds is 29. The molecule has 0 fully saturated rings. The van der Waals surface area contributed by atoms with Crippen LogP contribution in [0, 0.1) is 6.92 Å². The van der Waals surface area contributed by atoms with Gasteiger partial charge in [-0.1, -0.05) is 0 Å². The van der Waals surface area contributed by atoms with Gasteiger partial charge in [-0.2, -0.15) is 0 Å². The molecule has 0 radical (unpaired) electrons. The summed E-state index contributed by atoms with van der Waals surface area (Å²) in [6, 6.07) is 7.40. The second-order valence-corrected chi connectivity index (χ2v) is 8.69. The maximum Gasteiger partial charge on any atom is 0.305 e. The van der Waals surface area contributed by atoms with Crippen LogP contribution in [0.3, 0.4) is 0 Å². The van der Waals surface area contributed by atoms with E-state index in [-0.39, 0.29) is 13.0 Å². The Labute approximate surface area is 252 Å². The molecule has 0 atom stereocenters. The first-order valence-corrected chi connectivity index (χ1v) is 14.3. The molecule has 1 N–H and O–H groups in total. The summed E-state index contributed by atoms with van der Waals surface area (Å²) in [7, 11) is 0. The van der Waals surface area contributed by atoms with Gasteiger partial charge in [-0.15, -0.1) is 20.4 Å². The number of carboxylic acid groups (broad SMARTS) is 1. The lowest BCUT2D eigenvalue weighted by Crippen LogP contribution is -2.15. The molecule has 0 bridgehead atoms. The molecule has 0 amide bonds. The third-order valence-electron chi connectivity index (χ3n) is 5.25. The molecule has 2 rings (SSSR count). The van der Waals surface area contributed by atoms with Crippen molar-refractivity contribution in [3.8, 4) is 17.1 Å². The van der Waals surface area contributed by atoms with E-state index in [2.05, 4.69) is 20.4 Å². The van der Waals surface area contributed by atoms with E-state index < -0.39 is 5.97 Å². The van der Waals surface area contributed by atoms with Gasteiger partial charge in [0, 0.05) is 5.56 Å². The Balaban J connectivity index is 1.23. The number of nitrogens with zero attached hydrogens (tertiary/aromatic N) is 4. The molecule has 15 heteroatoms. The molecule has 0 aliphatic rings. The largest absolute Gasteiger partial charge is 0.491 e. The topological polar surface area (TPSA) is 172 Å². The molecule has 0 unspecified atom stereocenters. The number of carbonyl (C=O) groups is 1. The standard InChI is InChI=1S/C28H44N4O11/c1-24-29-31-28(32-30-24)25-2-4-26(5-3-25)43-23-22-42-21-20-41-19-18-40-17-16-39-15-14-38-13-12-37-11-10-36-9-8-35-7-6-27(33)34/h2-5H,6-23H2,1H3,(H,33,34). The lowest BCUT2D eigenvalue weighted by Gasteiger charge is -2.09. The molecule has 0 aliphatic carbocycles. The van der Waals surface area contributed by atoms with Crippen molar-refractivity contribution in [2.24, 2.45) is 0 Å². The second kappa shape index (κ2) is 25.6. The van der Waals surface area contributed by atoms with Gasteiger partial charge in [0.2, 0.25) is 5.82 Å². The number of aryl methyl sites for hydroxylation is 1. The molecule has 0 aliphatic heterocycles. The maximum absolute atomic E-state index is 10.3. The van der Waals surface area contributed by atoms with Crippen molar-refractivity contribution in [1.82, 2.24) is 20.4 Å². The fraction of sp³-hybridized carbons (Fsp3) is 0.679. The first kappa shape index (κ1) is 36.3. The SMILES string of the molecule is Cc1nnc(-c2ccc(OCCOCCOCCOCCOCCOCCOCCOCCOCCC(=O)O)cc2)nn1. The number of aromatic nitrogens is 4. The van der Waals surface area contributed by atoms with Gasteiger partial charge < -0.3 is 47.7 Å². The quantitative estimate of drug-likeness (QED) is 0.130. The summed E-state index contributed by atoms with van der Waals surface area (Å²) >= 11 is 0. The minimum atomic E-state index is -0.875. The molecule has 0 spiro atoms. The number of hydrogen-bond donors (Lipinski definition) is 1. The van der Waals surface area contributed by atoms with E-state index in [4.69, 9.17) is 47.7 Å². The molecular formula is C28H44N4O11. The van der Waals surface area contributed by atoms with Crippen LogP contribution in [0.15, 0.2) is 24.3 Å². The van der Waals surface area contributed by atoms with E-state index >= 15 is 0 Å². The predicted molar refractivity (Wildman–Crippen MR) is 152 cm³/mol. The van der Waals surface area contributed by atoms with Crippen LogP contribution in [-0.4, -0.2) is 144 Å². The average Bonchev–Trinajstić information content (AvgIpc) is 3.01. The van der Waals surface area contributed by atoms with Crippen LogP contribution in [0.2, 0.25) is 0 Å². The Bertz CT molecular complexity index is 939. The van der Waals surface area contributed by atoms with Gasteiger partial charge in [0.1, 0.15) is 12.4 Å². The van der Waals surface area contributed by atoms with E-state index in [1.54, 1.807) is 6.92 Å². The number of ether oxygens (including phenoxy) is 9. The molecular weight excluding hydrogens is 568 g/mol. The van der Waals surface area contributed by atoms with Crippen molar-refractivity contribution in [3.05, 3.63) is 30.1 Å². The smallest absolute Gasteiger partial charge is 0.305 e. The summed E-state index contributed by atoms with van der Waals surface area (Å²) in [5.74, 6) is 0.849. The predicted octanol–water partition coefficient (Wildman–Crippen LogP) is 1.23. The molecule has 1 heterocycles. The fourth-order valence-corrected chi connectivity index (χ4v) is 3.11. The minimum Gasteiger partial charge on any atom is -0.491 e. The molecule has 1 aromatic carbocycles. The highest BCUT2D eigenvalue weighted by molar-refractivity contribution is 5.66. The minimum absolute atomic E-state index is 0.00367. The van der Waals surface area contributed by atoms with Crippen molar-refractivity contribution in [2.45, 2.75) is 13.3 Å². The Morgan fingerprint density at radius 3 is 1.26 bits per heavy atom. The van der Waals surface area contributed by atoms with Crippen molar-refractivity contribution < 1.29 is 52.5 Å². The number of benzene rings is 1. The van der Waals surface area contributed by atoms with Crippen molar-refractivity contribution >= 4 is 5.97 Å². The van der Waals surface area contributed by atoms with Crippen LogP contribution >= 0.6 is 0 Å². The highest BCUT2D eigenvalue weighted by Gasteiger charge is 2.03. The summed E-state index contributed by atoms with van der Waals surface area (Å²) in [5, 5.41) is 24.3. The van der Waals surface area contributed by atoms with Crippen LogP contribution in [0.5, 0.6) is 5.75 Å². The molecule has 1 aromatic heterocycles. The lowest BCUT2D eigenvalue weighted by atomic mass is 10.2. The molecule has 43 heavy (non-hydrogen) atoms. The number of hydrogen-bond acceptors (Lipinski definition) is 14. The van der Waals surface area contributed by atoms with Gasteiger partial charge in [-0.05, 0) is 31.2 Å². The van der Waals surface area contributed by atoms with Gasteiger partial charge in [-0.3, -0.25) is 4.79 Å². The van der Waals surface area contributed by atoms with Gasteiger partial charge in [0.05, 0.1) is 112 Å². The summed E-state index contributed by atoms with van der Waals surface area (Å²) in [6.07, 6.45) is -0.00367. The molecule has 0 saturated heterocycles. The Morgan fingerprint density at radius 1 is 0.535 bits per heavy atom. The monoisotopic (exact) mass is 612 g/mol. The first-order valence-electron chi connectivity index (χ1n) is 14.3. The fourth-order valence-electron chi connectivity index (χ4n) is 3.11. The molecule has 0 saturated carbocycles. The Kier molecular flexibility index (Phi) is 21.6. The Morgan fingerprint density at radius 2 is 0.884 bits per heavy atom. The van der Waals surface area contributed by atoms with Crippen LogP contribution in [0.25, 0.3) is 11.4 Å². The van der Waals surface area contributed by atoms with Crippen LogP contribution in [0.1, 0.15) is 12.2 Å². The number of aliphatic carboxylic acids is 1. The summed E-state index contributed by atoms with van der Waals surface area (Å²) in [4.78, 5) is 10.3. The van der Waals surface area contributed by atoms with E-state index in [9.17, 15) is 4.79 Å².